The Morgan fingerprint density at radius 1 is 1.27 bits per heavy atom. The van der Waals surface area contributed by atoms with Crippen molar-refractivity contribution in [3.63, 3.8) is 0 Å². The molecule has 1 aliphatic heterocycles. The molecule has 1 unspecified atom stereocenters. The van der Waals surface area contributed by atoms with Gasteiger partial charge in [-0.3, -0.25) is 14.5 Å². The Balaban J connectivity index is 2.56. The van der Waals surface area contributed by atoms with E-state index in [9.17, 15) is 9.59 Å². The van der Waals surface area contributed by atoms with Crippen LogP contribution < -0.4 is 5.73 Å². The number of rotatable bonds is 10. The molecule has 1 heterocycles. The Morgan fingerprint density at radius 3 is 2.64 bits per heavy atom. The molecular formula is C16H31N3O3. The quantitative estimate of drug-likeness (QED) is 0.578. The summed E-state index contributed by atoms with van der Waals surface area (Å²) in [5.74, 6) is -0.168. The second-order valence-electron chi connectivity index (χ2n) is 6.15. The maximum atomic E-state index is 12.8. The fourth-order valence-corrected chi connectivity index (χ4v) is 2.97. The van der Waals surface area contributed by atoms with Crippen LogP contribution in [0.25, 0.3) is 0 Å². The summed E-state index contributed by atoms with van der Waals surface area (Å²) >= 11 is 0. The minimum Gasteiger partial charge on any atom is -0.396 e. The molecule has 1 rings (SSSR count). The SMILES string of the molecule is CCCCN(CCCCO)C(=O)C1CCCN(CC(N)=O)C1. The summed E-state index contributed by atoms with van der Waals surface area (Å²) in [5, 5.41) is 8.91. The number of carbonyl (C=O) groups excluding carboxylic acids is 2. The van der Waals surface area contributed by atoms with Crippen LogP contribution in [-0.2, 0) is 9.59 Å². The van der Waals surface area contributed by atoms with Gasteiger partial charge in [0.1, 0.15) is 0 Å². The number of aliphatic hydroxyl groups is 1. The molecule has 2 amide bonds. The second-order valence-corrected chi connectivity index (χ2v) is 6.15. The normalized spacial score (nSPS) is 19.1. The van der Waals surface area contributed by atoms with Crippen molar-refractivity contribution in [3.05, 3.63) is 0 Å². The highest BCUT2D eigenvalue weighted by molar-refractivity contribution is 5.79. The summed E-state index contributed by atoms with van der Waals surface area (Å²) in [6, 6.07) is 0. The Bertz CT molecular complexity index is 350. The van der Waals surface area contributed by atoms with Gasteiger partial charge in [-0.05, 0) is 38.6 Å². The zero-order chi connectivity index (χ0) is 16.4. The third-order valence-electron chi connectivity index (χ3n) is 4.16. The van der Waals surface area contributed by atoms with Crippen LogP contribution in [0.5, 0.6) is 0 Å². The second kappa shape index (κ2) is 10.6. The average molecular weight is 313 g/mol. The van der Waals surface area contributed by atoms with Gasteiger partial charge in [0.25, 0.3) is 0 Å². The number of nitrogens with zero attached hydrogens (tertiary/aromatic N) is 2. The van der Waals surface area contributed by atoms with E-state index in [1.807, 2.05) is 9.80 Å². The molecule has 0 aromatic rings. The lowest BCUT2D eigenvalue weighted by atomic mass is 9.96. The number of carbonyl (C=O) groups is 2. The molecular weight excluding hydrogens is 282 g/mol. The van der Waals surface area contributed by atoms with Crippen LogP contribution >= 0.6 is 0 Å². The van der Waals surface area contributed by atoms with Crippen molar-refractivity contribution < 1.29 is 14.7 Å². The zero-order valence-electron chi connectivity index (χ0n) is 13.8. The highest BCUT2D eigenvalue weighted by Gasteiger charge is 2.29. The van der Waals surface area contributed by atoms with Crippen molar-refractivity contribution in [1.29, 1.82) is 0 Å². The predicted molar refractivity (Wildman–Crippen MR) is 86.2 cm³/mol. The van der Waals surface area contributed by atoms with Crippen LogP contribution in [0.2, 0.25) is 0 Å². The Morgan fingerprint density at radius 2 is 2.00 bits per heavy atom. The maximum absolute atomic E-state index is 12.8. The molecule has 0 aromatic heterocycles. The zero-order valence-corrected chi connectivity index (χ0v) is 13.8. The predicted octanol–water partition coefficient (Wildman–Crippen LogP) is 0.585. The van der Waals surface area contributed by atoms with E-state index in [-0.39, 0.29) is 30.9 Å². The van der Waals surface area contributed by atoms with E-state index in [0.717, 1.165) is 51.6 Å². The highest BCUT2D eigenvalue weighted by Crippen LogP contribution is 2.19. The first-order valence-electron chi connectivity index (χ1n) is 8.48. The minimum atomic E-state index is -0.334. The molecule has 22 heavy (non-hydrogen) atoms. The van der Waals surface area contributed by atoms with Gasteiger partial charge in [-0.1, -0.05) is 13.3 Å². The van der Waals surface area contributed by atoms with Gasteiger partial charge >= 0.3 is 0 Å². The first kappa shape index (κ1) is 18.9. The fourth-order valence-electron chi connectivity index (χ4n) is 2.97. The maximum Gasteiger partial charge on any atom is 0.231 e. The number of primary amides is 1. The number of piperidine rings is 1. The molecule has 128 valence electrons. The number of hydrogen-bond acceptors (Lipinski definition) is 4. The van der Waals surface area contributed by atoms with Crippen molar-refractivity contribution in [2.45, 2.75) is 45.4 Å². The van der Waals surface area contributed by atoms with Crippen LogP contribution in [0.4, 0.5) is 0 Å². The Labute approximate surface area is 133 Å². The van der Waals surface area contributed by atoms with E-state index in [4.69, 9.17) is 10.8 Å². The van der Waals surface area contributed by atoms with Gasteiger partial charge in [0.15, 0.2) is 0 Å². The van der Waals surface area contributed by atoms with Crippen molar-refractivity contribution in [1.82, 2.24) is 9.80 Å². The molecule has 1 fully saturated rings. The monoisotopic (exact) mass is 313 g/mol. The molecule has 1 atom stereocenters. The van der Waals surface area contributed by atoms with E-state index in [1.165, 1.54) is 0 Å². The Hall–Kier alpha value is -1.14. The molecule has 0 bridgehead atoms. The third kappa shape index (κ3) is 6.75. The topological polar surface area (TPSA) is 86.9 Å². The summed E-state index contributed by atoms with van der Waals surface area (Å²) in [4.78, 5) is 27.7. The minimum absolute atomic E-state index is 0.0286. The van der Waals surface area contributed by atoms with E-state index in [2.05, 4.69) is 6.92 Å². The fraction of sp³-hybridized carbons (Fsp3) is 0.875. The van der Waals surface area contributed by atoms with Crippen molar-refractivity contribution in [3.8, 4) is 0 Å². The van der Waals surface area contributed by atoms with Crippen molar-refractivity contribution >= 4 is 11.8 Å². The van der Waals surface area contributed by atoms with Gasteiger partial charge in [-0.15, -0.1) is 0 Å². The highest BCUT2D eigenvalue weighted by atomic mass is 16.3. The van der Waals surface area contributed by atoms with Gasteiger partial charge in [-0.25, -0.2) is 0 Å². The van der Waals surface area contributed by atoms with Gasteiger partial charge in [0.2, 0.25) is 11.8 Å². The summed E-state index contributed by atoms with van der Waals surface area (Å²) in [6.07, 6.45) is 5.45. The average Bonchev–Trinajstić information content (AvgIpc) is 2.49. The lowest BCUT2D eigenvalue weighted by molar-refractivity contribution is -0.138. The molecule has 0 aromatic carbocycles. The third-order valence-corrected chi connectivity index (χ3v) is 4.16. The van der Waals surface area contributed by atoms with Gasteiger partial charge in [0.05, 0.1) is 12.5 Å². The smallest absolute Gasteiger partial charge is 0.231 e. The summed E-state index contributed by atoms with van der Waals surface area (Å²) in [6.45, 7) is 5.50. The molecule has 0 aliphatic carbocycles. The summed E-state index contributed by atoms with van der Waals surface area (Å²) in [5.41, 5.74) is 5.25. The van der Waals surface area contributed by atoms with E-state index in [1.54, 1.807) is 0 Å². The number of aliphatic hydroxyl groups excluding tert-OH is 1. The lowest BCUT2D eigenvalue weighted by Gasteiger charge is -2.34. The number of nitrogens with two attached hydrogens (primary N) is 1. The molecule has 1 saturated heterocycles. The number of hydrogen-bond donors (Lipinski definition) is 2. The largest absolute Gasteiger partial charge is 0.396 e. The number of amides is 2. The first-order valence-corrected chi connectivity index (χ1v) is 8.48. The summed E-state index contributed by atoms with van der Waals surface area (Å²) in [7, 11) is 0. The van der Waals surface area contributed by atoms with Gasteiger partial charge in [-0.2, -0.15) is 0 Å². The van der Waals surface area contributed by atoms with Crippen LogP contribution in [0, 0.1) is 5.92 Å². The van der Waals surface area contributed by atoms with Crippen LogP contribution in [0.3, 0.4) is 0 Å². The van der Waals surface area contributed by atoms with Gasteiger partial charge in [0, 0.05) is 26.2 Å². The summed E-state index contributed by atoms with van der Waals surface area (Å²) < 4.78 is 0. The molecule has 6 nitrogen and oxygen atoms in total. The van der Waals surface area contributed by atoms with Crippen molar-refractivity contribution in [2.24, 2.45) is 11.7 Å². The van der Waals surface area contributed by atoms with Gasteiger partial charge < -0.3 is 15.7 Å². The molecule has 0 spiro atoms. The lowest BCUT2D eigenvalue weighted by Crippen LogP contribution is -2.47. The molecule has 0 saturated carbocycles. The van der Waals surface area contributed by atoms with Crippen molar-refractivity contribution in [2.75, 3.05) is 39.3 Å². The molecule has 1 aliphatic rings. The molecule has 3 N–H and O–H groups in total. The molecule has 0 radical (unpaired) electrons. The van der Waals surface area contributed by atoms with E-state index in [0.29, 0.717) is 13.1 Å². The Kier molecular flexibility index (Phi) is 9.08. The number of likely N-dealkylation sites (tertiary alicyclic amines) is 1. The van der Waals surface area contributed by atoms with Crippen LogP contribution in [0.15, 0.2) is 0 Å². The van der Waals surface area contributed by atoms with Crippen LogP contribution in [0.1, 0.15) is 45.4 Å². The standard InChI is InChI=1S/C16H31N3O3/c1-2-3-9-19(10-4-5-11-20)16(22)14-7-6-8-18(12-14)13-15(17)21/h14,20H,2-13H2,1H3,(H2,17,21). The van der Waals surface area contributed by atoms with Crippen LogP contribution in [-0.4, -0.2) is 66.1 Å². The first-order chi connectivity index (χ1) is 10.6. The molecule has 6 heteroatoms. The number of unbranched alkanes of at least 4 members (excludes halogenated alkanes) is 2. The van der Waals surface area contributed by atoms with E-state index >= 15 is 0 Å². The van der Waals surface area contributed by atoms with E-state index < -0.39 is 0 Å².